The van der Waals surface area contributed by atoms with E-state index in [-0.39, 0.29) is 5.97 Å². The largest absolute Gasteiger partial charge is 0.496 e. The van der Waals surface area contributed by atoms with Gasteiger partial charge < -0.3 is 14.0 Å². The van der Waals surface area contributed by atoms with E-state index in [2.05, 4.69) is 21.1 Å². The fourth-order valence-electron chi connectivity index (χ4n) is 1.30. The number of carbonyl (C=O) groups is 1. The number of likely N-dealkylation sites (N-methyl/N-ethyl adjacent to an activating group) is 1. The Morgan fingerprint density at radius 2 is 1.88 bits per heavy atom. The van der Waals surface area contributed by atoms with Crippen LogP contribution in [0.25, 0.3) is 0 Å². The van der Waals surface area contributed by atoms with Crippen molar-refractivity contribution in [1.82, 2.24) is 0 Å². The summed E-state index contributed by atoms with van der Waals surface area (Å²) in [5, 5.41) is 0. The van der Waals surface area contributed by atoms with Gasteiger partial charge in [-0.2, -0.15) is 0 Å². The van der Waals surface area contributed by atoms with Crippen molar-refractivity contribution in [3.63, 3.8) is 0 Å². The number of nitrogens with zero attached hydrogens (tertiary/aromatic N) is 1. The summed E-state index contributed by atoms with van der Waals surface area (Å²) in [7, 11) is 7.70. The van der Waals surface area contributed by atoms with Crippen molar-refractivity contribution in [1.29, 1.82) is 0 Å². The van der Waals surface area contributed by atoms with E-state index in [0.29, 0.717) is 17.9 Å². The summed E-state index contributed by atoms with van der Waals surface area (Å²) in [5.41, 5.74) is 0.469. The van der Waals surface area contributed by atoms with Gasteiger partial charge in [0.1, 0.15) is 24.5 Å². The minimum absolute atomic E-state index is 0.337. The molecule has 0 saturated heterocycles. The molecule has 0 aromatic heterocycles. The number of ether oxygens (including phenoxy) is 2. The molecule has 0 spiro atoms. The lowest BCUT2D eigenvalue weighted by Crippen LogP contribution is -2.38. The lowest BCUT2D eigenvalue weighted by Gasteiger charge is -2.23. The van der Waals surface area contributed by atoms with E-state index in [4.69, 9.17) is 9.47 Å². The predicted molar refractivity (Wildman–Crippen MR) is 66.2 cm³/mol. The van der Waals surface area contributed by atoms with Gasteiger partial charge in [-0.15, -0.1) is 0 Å². The second kappa shape index (κ2) is 5.68. The molecule has 0 unspecified atom stereocenters. The van der Waals surface area contributed by atoms with Crippen LogP contribution in [0.1, 0.15) is 10.4 Å². The van der Waals surface area contributed by atoms with E-state index in [1.54, 1.807) is 18.2 Å². The fourth-order valence-corrected chi connectivity index (χ4v) is 1.30. The molecule has 0 atom stereocenters. The van der Waals surface area contributed by atoms with E-state index >= 15 is 0 Å². The Morgan fingerprint density at radius 1 is 1.24 bits per heavy atom. The number of quaternary nitrogens is 1. The molecule has 1 aromatic rings. The molecule has 0 amide bonds. The number of para-hydroxylation sites is 1. The Labute approximate surface area is 102 Å². The summed E-state index contributed by atoms with van der Waals surface area (Å²) < 4.78 is 11.1. The minimum Gasteiger partial charge on any atom is -0.496 e. The highest BCUT2D eigenvalue weighted by Gasteiger charge is 2.14. The van der Waals surface area contributed by atoms with Gasteiger partial charge in [0, 0.05) is 0 Å². The molecule has 0 bridgehead atoms. The van der Waals surface area contributed by atoms with Crippen LogP contribution in [0.15, 0.2) is 24.3 Å². The molecule has 0 N–H and O–H groups in total. The molecule has 0 saturated carbocycles. The van der Waals surface area contributed by atoms with E-state index in [1.807, 2.05) is 6.07 Å². The molecule has 4 nitrogen and oxygen atoms in total. The van der Waals surface area contributed by atoms with Gasteiger partial charge in [0.05, 0.1) is 28.3 Å². The smallest absolute Gasteiger partial charge is 0.342 e. The summed E-state index contributed by atoms with van der Waals surface area (Å²) in [5.74, 6) is 0.207. The van der Waals surface area contributed by atoms with Crippen molar-refractivity contribution in [2.75, 3.05) is 41.4 Å². The van der Waals surface area contributed by atoms with Crippen molar-refractivity contribution in [3.05, 3.63) is 29.8 Å². The van der Waals surface area contributed by atoms with Crippen molar-refractivity contribution < 1.29 is 18.8 Å². The van der Waals surface area contributed by atoms with Crippen LogP contribution >= 0.6 is 0 Å². The predicted octanol–water partition coefficient (Wildman–Crippen LogP) is 1.56. The topological polar surface area (TPSA) is 35.5 Å². The molecule has 17 heavy (non-hydrogen) atoms. The average molecular weight is 238 g/mol. The Balaban J connectivity index is 2.58. The minimum atomic E-state index is -0.337. The molecule has 0 aliphatic rings. The van der Waals surface area contributed by atoms with E-state index in [1.165, 1.54) is 7.11 Å². The van der Waals surface area contributed by atoms with E-state index in [0.717, 1.165) is 11.0 Å². The fraction of sp³-hybridized carbons (Fsp3) is 0.462. The Morgan fingerprint density at radius 3 is 2.47 bits per heavy atom. The lowest BCUT2D eigenvalue weighted by atomic mass is 10.2. The van der Waals surface area contributed by atoms with Crippen LogP contribution in [0.4, 0.5) is 0 Å². The monoisotopic (exact) mass is 238 g/mol. The number of carbonyl (C=O) groups excluding carboxylic acids is 1. The molecule has 94 valence electrons. The summed E-state index contributed by atoms with van der Waals surface area (Å²) in [6, 6.07) is 7.06. The summed E-state index contributed by atoms with van der Waals surface area (Å²) in [6.07, 6.45) is 0. The molecule has 1 rings (SSSR count). The van der Waals surface area contributed by atoms with Crippen molar-refractivity contribution in [3.8, 4) is 5.75 Å². The van der Waals surface area contributed by atoms with Crippen LogP contribution in [0, 0.1) is 0 Å². The number of hydrogen-bond acceptors (Lipinski definition) is 3. The first-order chi connectivity index (χ1) is 7.94. The van der Waals surface area contributed by atoms with Gasteiger partial charge >= 0.3 is 5.97 Å². The zero-order valence-corrected chi connectivity index (χ0v) is 10.9. The van der Waals surface area contributed by atoms with Gasteiger partial charge in [0.2, 0.25) is 0 Å². The number of esters is 1. The Bertz CT molecular complexity index is 382. The molecule has 4 heteroatoms. The first-order valence-corrected chi connectivity index (χ1v) is 5.54. The highest BCUT2D eigenvalue weighted by atomic mass is 16.5. The third-order valence-corrected chi connectivity index (χ3v) is 2.32. The van der Waals surface area contributed by atoms with Gasteiger partial charge in [-0.1, -0.05) is 12.1 Å². The van der Waals surface area contributed by atoms with Gasteiger partial charge in [0.25, 0.3) is 0 Å². The average Bonchev–Trinajstić information content (AvgIpc) is 2.27. The number of rotatable bonds is 5. The third kappa shape index (κ3) is 4.44. The molecule has 0 heterocycles. The van der Waals surface area contributed by atoms with Gasteiger partial charge in [0.15, 0.2) is 0 Å². The molecule has 1 aromatic carbocycles. The van der Waals surface area contributed by atoms with E-state index < -0.39 is 0 Å². The van der Waals surface area contributed by atoms with Crippen LogP contribution in [0.2, 0.25) is 0 Å². The first-order valence-electron chi connectivity index (χ1n) is 5.54. The second-order valence-electron chi connectivity index (χ2n) is 4.85. The quantitative estimate of drug-likeness (QED) is 0.577. The zero-order chi connectivity index (χ0) is 12.9. The van der Waals surface area contributed by atoms with Crippen LogP contribution in [0.5, 0.6) is 5.75 Å². The van der Waals surface area contributed by atoms with Crippen molar-refractivity contribution in [2.45, 2.75) is 0 Å². The Hall–Kier alpha value is -1.55. The van der Waals surface area contributed by atoms with Gasteiger partial charge in [-0.3, -0.25) is 0 Å². The van der Waals surface area contributed by atoms with E-state index in [9.17, 15) is 4.79 Å². The van der Waals surface area contributed by atoms with Crippen LogP contribution < -0.4 is 4.74 Å². The molecule has 0 fully saturated rings. The molecular weight excluding hydrogens is 218 g/mol. The van der Waals surface area contributed by atoms with Crippen molar-refractivity contribution in [2.24, 2.45) is 0 Å². The standard InChI is InChI=1S/C13H20NO3/c1-14(2,3)9-10-17-13(15)11-7-5-6-8-12(11)16-4/h5-8H,9-10H2,1-4H3/q+1. The number of hydrogen-bond donors (Lipinski definition) is 0. The molecule has 0 aliphatic heterocycles. The maximum absolute atomic E-state index is 11.8. The highest BCUT2D eigenvalue weighted by Crippen LogP contribution is 2.18. The summed E-state index contributed by atoms with van der Waals surface area (Å²) >= 11 is 0. The molecule has 0 radical (unpaired) electrons. The maximum atomic E-state index is 11.8. The Kier molecular flexibility index (Phi) is 4.52. The molecular formula is C13H20NO3+. The van der Waals surface area contributed by atoms with Crippen molar-refractivity contribution >= 4 is 5.97 Å². The van der Waals surface area contributed by atoms with Gasteiger partial charge in [-0.05, 0) is 12.1 Å². The molecule has 0 aliphatic carbocycles. The number of benzene rings is 1. The van der Waals surface area contributed by atoms with Gasteiger partial charge in [-0.25, -0.2) is 4.79 Å². The van der Waals surface area contributed by atoms with Crippen LogP contribution in [-0.4, -0.2) is 51.9 Å². The first kappa shape index (κ1) is 13.5. The highest BCUT2D eigenvalue weighted by molar-refractivity contribution is 5.92. The maximum Gasteiger partial charge on any atom is 0.342 e. The SMILES string of the molecule is COc1ccccc1C(=O)OCC[N+](C)(C)C. The zero-order valence-electron chi connectivity index (χ0n) is 10.9. The van der Waals surface area contributed by atoms with Crippen LogP contribution in [-0.2, 0) is 4.74 Å². The third-order valence-electron chi connectivity index (χ3n) is 2.32. The summed E-state index contributed by atoms with van der Waals surface area (Å²) in [6.45, 7) is 1.18. The normalized spacial score (nSPS) is 11.1. The lowest BCUT2D eigenvalue weighted by molar-refractivity contribution is -0.870. The summed E-state index contributed by atoms with van der Waals surface area (Å²) in [4.78, 5) is 11.8. The second-order valence-corrected chi connectivity index (χ2v) is 4.85. The number of methoxy groups -OCH3 is 1. The van der Waals surface area contributed by atoms with Crippen LogP contribution in [0.3, 0.4) is 0 Å².